The third-order valence-corrected chi connectivity index (χ3v) is 5.98. The maximum Gasteiger partial charge on any atom is 0.410 e. The first-order valence-electron chi connectivity index (χ1n) is 10.6. The van der Waals surface area contributed by atoms with E-state index in [2.05, 4.69) is 23.5 Å². The summed E-state index contributed by atoms with van der Waals surface area (Å²) in [7, 11) is 1.88. The molecule has 0 spiro atoms. The molecule has 2 aliphatic carbocycles. The average molecular weight is 375 g/mol. The molecule has 2 aliphatic rings. The molecule has 0 heterocycles. The number of terminal acetylenes is 1. The molecular weight excluding hydrogens is 336 g/mol. The van der Waals surface area contributed by atoms with E-state index in [1.165, 1.54) is 44.9 Å². The van der Waals surface area contributed by atoms with E-state index in [1.54, 1.807) is 4.90 Å². The Kier molecular flexibility index (Phi) is 8.07. The van der Waals surface area contributed by atoms with E-state index in [9.17, 15) is 4.79 Å². The second kappa shape index (κ2) is 10.1. The molecule has 1 N–H and O–H groups in total. The minimum Gasteiger partial charge on any atom is -0.444 e. The molecule has 0 atom stereocenters. The Morgan fingerprint density at radius 2 is 1.78 bits per heavy atom. The minimum absolute atomic E-state index is 0.194. The number of allylic oxidation sites excluding steroid dienone is 2. The minimum atomic E-state index is -0.427. The van der Waals surface area contributed by atoms with Gasteiger partial charge in [-0.1, -0.05) is 18.6 Å². The maximum absolute atomic E-state index is 12.2. The highest BCUT2D eigenvalue weighted by molar-refractivity contribution is 5.68. The monoisotopic (exact) mass is 374 g/mol. The molecule has 0 saturated heterocycles. The summed E-state index contributed by atoms with van der Waals surface area (Å²) in [4.78, 5) is 14.0. The highest BCUT2D eigenvalue weighted by atomic mass is 16.6. The molecule has 0 aliphatic heterocycles. The van der Waals surface area contributed by atoms with Crippen LogP contribution in [0, 0.1) is 24.3 Å². The van der Waals surface area contributed by atoms with Gasteiger partial charge in [-0.3, -0.25) is 0 Å². The van der Waals surface area contributed by atoms with Crippen molar-refractivity contribution in [2.45, 2.75) is 96.2 Å². The Bertz CT molecular complexity index is 528. The Morgan fingerprint density at radius 1 is 1.15 bits per heavy atom. The normalized spacial score (nSPS) is 29.1. The molecule has 0 aromatic carbocycles. The SMILES string of the molecule is C#CNC1CCC(/C=C/CC2CCC(N(C)C(=O)OC(C)(C)C)CC2)CC1. The Labute approximate surface area is 166 Å². The van der Waals surface area contributed by atoms with E-state index in [0.717, 1.165) is 24.7 Å². The van der Waals surface area contributed by atoms with Gasteiger partial charge in [-0.2, -0.15) is 0 Å². The van der Waals surface area contributed by atoms with Crippen molar-refractivity contribution in [1.82, 2.24) is 10.2 Å². The van der Waals surface area contributed by atoms with Gasteiger partial charge >= 0.3 is 6.09 Å². The van der Waals surface area contributed by atoms with Gasteiger partial charge in [-0.05, 0) is 90.4 Å². The second-order valence-corrected chi connectivity index (χ2v) is 9.33. The lowest BCUT2D eigenvalue weighted by atomic mass is 9.82. The topological polar surface area (TPSA) is 41.6 Å². The largest absolute Gasteiger partial charge is 0.444 e. The number of ether oxygens (including phenoxy) is 1. The lowest BCUT2D eigenvalue weighted by Gasteiger charge is -2.35. The molecule has 0 unspecified atom stereocenters. The number of carbonyl (C=O) groups is 1. The lowest BCUT2D eigenvalue weighted by molar-refractivity contribution is 0.0173. The highest BCUT2D eigenvalue weighted by Crippen LogP contribution is 2.31. The van der Waals surface area contributed by atoms with Crippen LogP contribution in [-0.4, -0.2) is 35.7 Å². The van der Waals surface area contributed by atoms with Crippen molar-refractivity contribution in [2.75, 3.05) is 7.05 Å². The van der Waals surface area contributed by atoms with Crippen LogP contribution in [0.15, 0.2) is 12.2 Å². The Balaban J connectivity index is 1.66. The van der Waals surface area contributed by atoms with E-state index in [4.69, 9.17) is 11.2 Å². The molecule has 27 heavy (non-hydrogen) atoms. The van der Waals surface area contributed by atoms with Crippen LogP contribution in [0.5, 0.6) is 0 Å². The number of nitrogens with one attached hydrogen (secondary N) is 1. The fraction of sp³-hybridized carbons (Fsp3) is 0.783. The standard InChI is InChI=1S/C23H38N2O2/c1-6-24-20-14-10-18(11-15-20)8-7-9-19-12-16-21(17-13-19)25(5)22(26)27-23(2,3)4/h1,7-8,18-21,24H,9-17H2,2-5H3/b8-7+. The van der Waals surface area contributed by atoms with Crippen LogP contribution < -0.4 is 5.32 Å². The predicted molar refractivity (Wildman–Crippen MR) is 111 cm³/mol. The summed E-state index contributed by atoms with van der Waals surface area (Å²) in [5.41, 5.74) is -0.427. The van der Waals surface area contributed by atoms with Gasteiger partial charge in [0.2, 0.25) is 0 Å². The zero-order chi connectivity index (χ0) is 19.9. The van der Waals surface area contributed by atoms with Crippen molar-refractivity contribution < 1.29 is 9.53 Å². The fourth-order valence-corrected chi connectivity index (χ4v) is 4.29. The maximum atomic E-state index is 12.2. The first-order valence-corrected chi connectivity index (χ1v) is 10.6. The second-order valence-electron chi connectivity index (χ2n) is 9.33. The van der Waals surface area contributed by atoms with Gasteiger partial charge < -0.3 is 15.0 Å². The molecule has 0 aromatic rings. The van der Waals surface area contributed by atoms with Crippen LogP contribution in [0.2, 0.25) is 0 Å². The van der Waals surface area contributed by atoms with Gasteiger partial charge in [-0.15, -0.1) is 0 Å². The average Bonchev–Trinajstić information content (AvgIpc) is 2.62. The Hall–Kier alpha value is -1.63. The highest BCUT2D eigenvalue weighted by Gasteiger charge is 2.29. The van der Waals surface area contributed by atoms with Crippen molar-refractivity contribution in [3.63, 3.8) is 0 Å². The summed E-state index contributed by atoms with van der Waals surface area (Å²) in [5.74, 6) is 1.47. The predicted octanol–water partition coefficient (Wildman–Crippen LogP) is 5.10. The number of hydrogen-bond donors (Lipinski definition) is 1. The molecule has 4 heteroatoms. The van der Waals surface area contributed by atoms with Crippen LogP contribution in [0.3, 0.4) is 0 Å². The molecule has 0 radical (unpaired) electrons. The van der Waals surface area contributed by atoms with Crippen molar-refractivity contribution in [2.24, 2.45) is 11.8 Å². The van der Waals surface area contributed by atoms with Crippen LogP contribution in [0.1, 0.15) is 78.6 Å². The van der Waals surface area contributed by atoms with E-state index in [0.29, 0.717) is 12.1 Å². The zero-order valence-electron chi connectivity index (χ0n) is 17.7. The molecule has 1 amide bonds. The first-order chi connectivity index (χ1) is 12.8. The molecule has 2 rings (SSSR count). The van der Waals surface area contributed by atoms with Crippen LogP contribution in [-0.2, 0) is 4.74 Å². The van der Waals surface area contributed by atoms with Crippen LogP contribution in [0.4, 0.5) is 4.79 Å². The number of rotatable bonds is 5. The number of carbonyl (C=O) groups excluding carboxylic acids is 1. The van der Waals surface area contributed by atoms with Gasteiger partial charge in [0.1, 0.15) is 5.60 Å². The zero-order valence-corrected chi connectivity index (χ0v) is 17.7. The lowest BCUT2D eigenvalue weighted by Crippen LogP contribution is -2.42. The third kappa shape index (κ3) is 7.48. The molecular formula is C23H38N2O2. The summed E-state index contributed by atoms with van der Waals surface area (Å²) in [6, 6.07) is 3.40. The quantitative estimate of drug-likeness (QED) is 0.414. The van der Waals surface area contributed by atoms with E-state index < -0.39 is 5.60 Å². The van der Waals surface area contributed by atoms with E-state index >= 15 is 0 Å². The summed E-state index contributed by atoms with van der Waals surface area (Å²) in [5, 5.41) is 3.11. The molecule has 152 valence electrons. The number of nitrogens with zero attached hydrogens (tertiary/aromatic N) is 1. The van der Waals surface area contributed by atoms with Gasteiger partial charge in [0.15, 0.2) is 0 Å². The smallest absolute Gasteiger partial charge is 0.410 e. The van der Waals surface area contributed by atoms with Gasteiger partial charge in [0.25, 0.3) is 0 Å². The summed E-state index contributed by atoms with van der Waals surface area (Å²) >= 11 is 0. The van der Waals surface area contributed by atoms with Gasteiger partial charge in [0, 0.05) is 25.2 Å². The molecule has 0 bridgehead atoms. The van der Waals surface area contributed by atoms with E-state index in [1.807, 2.05) is 27.8 Å². The third-order valence-electron chi connectivity index (χ3n) is 5.98. The number of amides is 1. The molecule has 2 fully saturated rings. The van der Waals surface area contributed by atoms with Gasteiger partial charge in [-0.25, -0.2) is 4.79 Å². The van der Waals surface area contributed by atoms with Crippen LogP contribution >= 0.6 is 0 Å². The van der Waals surface area contributed by atoms with Crippen molar-refractivity contribution >= 4 is 6.09 Å². The van der Waals surface area contributed by atoms with Gasteiger partial charge in [0.05, 0.1) is 0 Å². The molecule has 2 saturated carbocycles. The fourth-order valence-electron chi connectivity index (χ4n) is 4.29. The van der Waals surface area contributed by atoms with Crippen molar-refractivity contribution in [3.05, 3.63) is 12.2 Å². The molecule has 4 nitrogen and oxygen atoms in total. The number of hydrogen-bond acceptors (Lipinski definition) is 3. The Morgan fingerprint density at radius 3 is 2.33 bits per heavy atom. The van der Waals surface area contributed by atoms with Crippen LogP contribution in [0.25, 0.3) is 0 Å². The summed E-state index contributed by atoms with van der Waals surface area (Å²) < 4.78 is 5.49. The summed E-state index contributed by atoms with van der Waals surface area (Å²) in [6.45, 7) is 5.75. The van der Waals surface area contributed by atoms with Crippen molar-refractivity contribution in [3.8, 4) is 12.5 Å². The molecule has 0 aromatic heterocycles. The van der Waals surface area contributed by atoms with E-state index in [-0.39, 0.29) is 6.09 Å². The summed E-state index contributed by atoms with van der Waals surface area (Å²) in [6.07, 6.45) is 20.5. The van der Waals surface area contributed by atoms with Crippen molar-refractivity contribution in [1.29, 1.82) is 0 Å². The first kappa shape index (κ1) is 21.7.